The van der Waals surface area contributed by atoms with Gasteiger partial charge in [-0.1, -0.05) is 0 Å². The molecular formula is C10H20N2O2. The summed E-state index contributed by atoms with van der Waals surface area (Å²) in [7, 11) is 0. The van der Waals surface area contributed by atoms with Crippen LogP contribution in [-0.4, -0.2) is 54.5 Å². The zero-order valence-corrected chi connectivity index (χ0v) is 8.61. The molecule has 0 bridgehead atoms. The molecule has 2 fully saturated rings. The number of hydrogen-bond acceptors (Lipinski definition) is 4. The minimum absolute atomic E-state index is 0.0627. The summed E-state index contributed by atoms with van der Waals surface area (Å²) in [5, 5.41) is 9.63. The fourth-order valence-electron chi connectivity index (χ4n) is 2.59. The number of nitrogens with zero attached hydrogens (tertiary/aromatic N) is 1. The average Bonchev–Trinajstić information content (AvgIpc) is 2.49. The van der Waals surface area contributed by atoms with E-state index in [4.69, 9.17) is 10.5 Å². The second kappa shape index (κ2) is 4.14. The van der Waals surface area contributed by atoms with E-state index in [1.807, 2.05) is 0 Å². The van der Waals surface area contributed by atoms with Gasteiger partial charge in [-0.25, -0.2) is 0 Å². The van der Waals surface area contributed by atoms with Crippen LogP contribution < -0.4 is 5.73 Å². The van der Waals surface area contributed by atoms with Crippen molar-refractivity contribution in [2.45, 2.75) is 31.0 Å². The molecule has 2 unspecified atom stereocenters. The highest BCUT2D eigenvalue weighted by Gasteiger charge is 2.42. The van der Waals surface area contributed by atoms with Crippen molar-refractivity contribution in [3.63, 3.8) is 0 Å². The van der Waals surface area contributed by atoms with Gasteiger partial charge in [-0.05, 0) is 12.8 Å². The summed E-state index contributed by atoms with van der Waals surface area (Å²) in [6, 6.07) is 0. The molecule has 3 N–H and O–H groups in total. The minimum Gasteiger partial charge on any atom is -0.393 e. The van der Waals surface area contributed by atoms with Crippen LogP contribution in [0, 0.1) is 0 Å². The van der Waals surface area contributed by atoms with Crippen molar-refractivity contribution in [3.8, 4) is 0 Å². The molecule has 0 aromatic heterocycles. The van der Waals surface area contributed by atoms with Gasteiger partial charge in [-0.2, -0.15) is 0 Å². The number of rotatable bonds is 2. The highest BCUT2D eigenvalue weighted by Crippen LogP contribution is 2.33. The summed E-state index contributed by atoms with van der Waals surface area (Å²) in [5.74, 6) is 0. The molecule has 2 saturated heterocycles. The Morgan fingerprint density at radius 2 is 2.43 bits per heavy atom. The Labute approximate surface area is 85.0 Å². The molecule has 2 rings (SSSR count). The maximum absolute atomic E-state index is 9.63. The summed E-state index contributed by atoms with van der Waals surface area (Å²) in [6.07, 6.45) is 2.47. The third kappa shape index (κ3) is 2.08. The first-order valence-corrected chi connectivity index (χ1v) is 5.49. The first kappa shape index (κ1) is 10.4. The lowest BCUT2D eigenvalue weighted by Crippen LogP contribution is -2.44. The molecule has 0 aromatic rings. The van der Waals surface area contributed by atoms with E-state index in [9.17, 15) is 5.11 Å². The molecule has 2 atom stereocenters. The Morgan fingerprint density at radius 1 is 1.57 bits per heavy atom. The van der Waals surface area contributed by atoms with Gasteiger partial charge in [-0.3, -0.25) is 4.90 Å². The predicted octanol–water partition coefficient (Wildman–Crippen LogP) is -0.439. The van der Waals surface area contributed by atoms with Gasteiger partial charge in [0.25, 0.3) is 0 Å². The lowest BCUT2D eigenvalue weighted by Gasteiger charge is -2.36. The second-order valence-corrected chi connectivity index (χ2v) is 4.49. The second-order valence-electron chi connectivity index (χ2n) is 4.49. The molecule has 0 aliphatic carbocycles. The maximum Gasteiger partial charge on any atom is 0.0845 e. The normalized spacial score (nSPS) is 39.4. The van der Waals surface area contributed by atoms with E-state index in [2.05, 4.69) is 4.90 Å². The average molecular weight is 200 g/mol. The van der Waals surface area contributed by atoms with Crippen molar-refractivity contribution in [1.82, 2.24) is 4.90 Å². The van der Waals surface area contributed by atoms with Crippen molar-refractivity contribution < 1.29 is 9.84 Å². The Kier molecular flexibility index (Phi) is 3.07. The molecule has 2 aliphatic heterocycles. The molecule has 0 aromatic carbocycles. The summed E-state index contributed by atoms with van der Waals surface area (Å²) in [4.78, 5) is 2.33. The molecule has 4 heteroatoms. The van der Waals surface area contributed by atoms with Crippen molar-refractivity contribution in [3.05, 3.63) is 0 Å². The van der Waals surface area contributed by atoms with Gasteiger partial charge >= 0.3 is 0 Å². The van der Waals surface area contributed by atoms with Gasteiger partial charge in [0, 0.05) is 39.2 Å². The van der Waals surface area contributed by atoms with Crippen molar-refractivity contribution >= 4 is 0 Å². The Morgan fingerprint density at radius 3 is 3.14 bits per heavy atom. The largest absolute Gasteiger partial charge is 0.393 e. The van der Waals surface area contributed by atoms with E-state index in [1.165, 1.54) is 0 Å². The van der Waals surface area contributed by atoms with Crippen LogP contribution >= 0.6 is 0 Å². The van der Waals surface area contributed by atoms with E-state index in [1.54, 1.807) is 0 Å². The fraction of sp³-hybridized carbons (Fsp3) is 1.00. The molecule has 2 aliphatic rings. The molecule has 2 heterocycles. The van der Waals surface area contributed by atoms with Crippen LogP contribution in [0.15, 0.2) is 0 Å². The van der Waals surface area contributed by atoms with Crippen molar-refractivity contribution in [2.75, 3.05) is 32.8 Å². The summed E-state index contributed by atoms with van der Waals surface area (Å²) in [6.45, 7) is 4.36. The quantitative estimate of drug-likeness (QED) is 0.634. The summed E-state index contributed by atoms with van der Waals surface area (Å²) >= 11 is 0. The number of likely N-dealkylation sites (tertiary alicyclic amines) is 1. The Balaban J connectivity index is 1.91. The number of ether oxygens (including phenoxy) is 1. The van der Waals surface area contributed by atoms with Crippen LogP contribution in [-0.2, 0) is 4.74 Å². The van der Waals surface area contributed by atoms with Gasteiger partial charge in [0.05, 0.1) is 11.7 Å². The highest BCUT2D eigenvalue weighted by molar-refractivity contribution is 4.95. The predicted molar refractivity (Wildman–Crippen MR) is 54.0 cm³/mol. The topological polar surface area (TPSA) is 58.7 Å². The maximum atomic E-state index is 9.63. The minimum atomic E-state index is -0.165. The Bertz CT molecular complexity index is 201. The van der Waals surface area contributed by atoms with Crippen LogP contribution in [0.5, 0.6) is 0 Å². The van der Waals surface area contributed by atoms with Gasteiger partial charge in [0.2, 0.25) is 0 Å². The number of nitrogens with two attached hydrogens (primary N) is 1. The standard InChI is InChI=1S/C10H20N2O2/c11-3-5-12-4-2-10(8-12)7-9(13)1-6-14-10/h9,13H,1-8,11H2. The van der Waals surface area contributed by atoms with Gasteiger partial charge in [0.15, 0.2) is 0 Å². The van der Waals surface area contributed by atoms with Crippen molar-refractivity contribution in [2.24, 2.45) is 5.73 Å². The fourth-order valence-corrected chi connectivity index (χ4v) is 2.59. The van der Waals surface area contributed by atoms with Crippen LogP contribution in [0.1, 0.15) is 19.3 Å². The summed E-state index contributed by atoms with van der Waals surface area (Å²) < 4.78 is 5.83. The number of aliphatic hydroxyl groups is 1. The highest BCUT2D eigenvalue weighted by atomic mass is 16.5. The van der Waals surface area contributed by atoms with Gasteiger partial charge in [-0.15, -0.1) is 0 Å². The zero-order valence-electron chi connectivity index (χ0n) is 8.61. The van der Waals surface area contributed by atoms with Crippen LogP contribution in [0.4, 0.5) is 0 Å². The third-order valence-electron chi connectivity index (χ3n) is 3.31. The van der Waals surface area contributed by atoms with E-state index in [0.29, 0.717) is 13.2 Å². The molecule has 0 saturated carbocycles. The van der Waals surface area contributed by atoms with Gasteiger partial charge in [0.1, 0.15) is 0 Å². The molecule has 1 spiro atoms. The molecular weight excluding hydrogens is 180 g/mol. The van der Waals surface area contributed by atoms with Crippen molar-refractivity contribution in [1.29, 1.82) is 0 Å². The number of aliphatic hydroxyl groups excluding tert-OH is 1. The monoisotopic (exact) mass is 200 g/mol. The zero-order chi connectivity index (χ0) is 10.0. The number of hydrogen-bond donors (Lipinski definition) is 2. The molecule has 4 nitrogen and oxygen atoms in total. The smallest absolute Gasteiger partial charge is 0.0845 e. The van der Waals surface area contributed by atoms with E-state index >= 15 is 0 Å². The van der Waals surface area contributed by atoms with E-state index < -0.39 is 0 Å². The van der Waals surface area contributed by atoms with E-state index in [-0.39, 0.29) is 11.7 Å². The lowest BCUT2D eigenvalue weighted by atomic mass is 9.91. The third-order valence-corrected chi connectivity index (χ3v) is 3.31. The SMILES string of the molecule is NCCN1CCC2(CC(O)CCO2)C1. The first-order valence-electron chi connectivity index (χ1n) is 5.49. The first-order chi connectivity index (χ1) is 6.74. The Hall–Kier alpha value is -0.160. The molecule has 0 radical (unpaired) electrons. The van der Waals surface area contributed by atoms with Crippen LogP contribution in [0.2, 0.25) is 0 Å². The lowest BCUT2D eigenvalue weighted by molar-refractivity contribution is -0.110. The molecule has 82 valence electrons. The van der Waals surface area contributed by atoms with Crippen LogP contribution in [0.3, 0.4) is 0 Å². The molecule has 0 amide bonds. The van der Waals surface area contributed by atoms with Gasteiger partial charge < -0.3 is 15.6 Å². The summed E-state index contributed by atoms with van der Waals surface area (Å²) in [5.41, 5.74) is 5.46. The molecule has 14 heavy (non-hydrogen) atoms. The van der Waals surface area contributed by atoms with E-state index in [0.717, 1.165) is 38.9 Å². The van der Waals surface area contributed by atoms with Crippen LogP contribution in [0.25, 0.3) is 0 Å².